The molecule has 5 nitrogen and oxygen atoms in total. The molecule has 0 spiro atoms. The number of hydrogen-bond donors (Lipinski definition) is 2. The molecule has 0 bridgehead atoms. The molecular weight excluding hydrogens is 357 g/mol. The predicted molar refractivity (Wildman–Crippen MR) is 90.7 cm³/mol. The highest BCUT2D eigenvalue weighted by Crippen LogP contribution is 2.34. The summed E-state index contributed by atoms with van der Waals surface area (Å²) in [5.74, 6) is -5.05. The SMILES string of the molecule is N#Cc1c(F)c(F)c2c(C(=O)c3ccccc3)c3n(c(=N)c2c1F)CCN3. The van der Waals surface area contributed by atoms with Gasteiger partial charge in [-0.2, -0.15) is 5.26 Å². The average Bonchev–Trinajstić information content (AvgIpc) is 3.17. The van der Waals surface area contributed by atoms with Gasteiger partial charge >= 0.3 is 0 Å². The van der Waals surface area contributed by atoms with E-state index < -0.39 is 45.1 Å². The number of anilines is 1. The van der Waals surface area contributed by atoms with Crippen LogP contribution in [0.2, 0.25) is 0 Å². The zero-order chi connectivity index (χ0) is 19.3. The maximum atomic E-state index is 14.8. The molecule has 0 amide bonds. The molecule has 8 heteroatoms. The van der Waals surface area contributed by atoms with Gasteiger partial charge in [0.05, 0.1) is 10.9 Å². The molecule has 0 saturated carbocycles. The summed E-state index contributed by atoms with van der Waals surface area (Å²) in [4.78, 5) is 13.1. The number of carbonyl (C=O) groups is 1. The number of fused-ring (bicyclic) bond motifs is 2. The number of hydrogen-bond acceptors (Lipinski definition) is 4. The number of benzene rings is 2. The van der Waals surface area contributed by atoms with Gasteiger partial charge in [0.15, 0.2) is 23.2 Å². The number of ketones is 1. The van der Waals surface area contributed by atoms with Crippen molar-refractivity contribution in [2.24, 2.45) is 0 Å². The largest absolute Gasteiger partial charge is 0.369 e. The predicted octanol–water partition coefficient (Wildman–Crippen LogP) is 3.07. The number of rotatable bonds is 2. The van der Waals surface area contributed by atoms with E-state index in [2.05, 4.69) is 5.32 Å². The molecule has 1 aliphatic rings. The lowest BCUT2D eigenvalue weighted by molar-refractivity contribution is 0.104. The van der Waals surface area contributed by atoms with E-state index in [1.165, 1.54) is 22.8 Å². The maximum Gasteiger partial charge on any atom is 0.197 e. The Balaban J connectivity index is 2.23. The quantitative estimate of drug-likeness (QED) is 0.539. The fraction of sp³-hybridized carbons (Fsp3) is 0.105. The third-order valence-corrected chi connectivity index (χ3v) is 4.59. The Bertz CT molecular complexity index is 1230. The van der Waals surface area contributed by atoms with Gasteiger partial charge in [0.2, 0.25) is 0 Å². The minimum atomic E-state index is -1.67. The van der Waals surface area contributed by atoms with Crippen molar-refractivity contribution in [2.75, 3.05) is 11.9 Å². The summed E-state index contributed by atoms with van der Waals surface area (Å²) in [6.45, 7) is 0.591. The Morgan fingerprint density at radius 3 is 2.48 bits per heavy atom. The Morgan fingerprint density at radius 2 is 1.81 bits per heavy atom. The van der Waals surface area contributed by atoms with Crippen LogP contribution in [0.4, 0.5) is 19.0 Å². The van der Waals surface area contributed by atoms with E-state index in [1.807, 2.05) is 0 Å². The summed E-state index contributed by atoms with van der Waals surface area (Å²) >= 11 is 0. The summed E-state index contributed by atoms with van der Waals surface area (Å²) in [5.41, 5.74) is -1.59. The lowest BCUT2D eigenvalue weighted by Crippen LogP contribution is -2.24. The zero-order valence-electron chi connectivity index (χ0n) is 13.7. The molecule has 1 aromatic heterocycles. The van der Waals surface area contributed by atoms with E-state index in [0.29, 0.717) is 6.54 Å². The van der Waals surface area contributed by atoms with Gasteiger partial charge < -0.3 is 9.88 Å². The molecule has 134 valence electrons. The molecule has 2 heterocycles. The van der Waals surface area contributed by atoms with Gasteiger partial charge in [-0.1, -0.05) is 30.3 Å². The first-order valence-corrected chi connectivity index (χ1v) is 8.02. The molecule has 2 N–H and O–H groups in total. The summed E-state index contributed by atoms with van der Waals surface area (Å²) in [6.07, 6.45) is 0. The molecule has 0 fully saturated rings. The first-order valence-electron chi connectivity index (χ1n) is 8.02. The van der Waals surface area contributed by atoms with Crippen molar-refractivity contribution < 1.29 is 18.0 Å². The summed E-state index contributed by atoms with van der Waals surface area (Å²) in [6, 6.07) is 9.21. The highest BCUT2D eigenvalue weighted by Gasteiger charge is 2.31. The van der Waals surface area contributed by atoms with Crippen LogP contribution in [0.5, 0.6) is 0 Å². The van der Waals surface area contributed by atoms with E-state index in [0.717, 1.165) is 0 Å². The number of nitriles is 1. The molecule has 1 aliphatic heterocycles. The van der Waals surface area contributed by atoms with Crippen molar-refractivity contribution in [3.8, 4) is 6.07 Å². The van der Waals surface area contributed by atoms with Crippen LogP contribution in [0.15, 0.2) is 30.3 Å². The number of nitrogens with zero attached hydrogens (tertiary/aromatic N) is 2. The topological polar surface area (TPSA) is 81.7 Å². The summed E-state index contributed by atoms with van der Waals surface area (Å²) in [5, 5.41) is 18.9. The van der Waals surface area contributed by atoms with E-state index in [-0.39, 0.29) is 23.5 Å². The van der Waals surface area contributed by atoms with Gasteiger partial charge in [0.1, 0.15) is 22.9 Å². The molecule has 3 aromatic rings. The lowest BCUT2D eigenvalue weighted by Gasteiger charge is -2.16. The van der Waals surface area contributed by atoms with Crippen LogP contribution in [-0.4, -0.2) is 16.9 Å². The van der Waals surface area contributed by atoms with Gasteiger partial charge in [-0.05, 0) is 0 Å². The van der Waals surface area contributed by atoms with E-state index in [1.54, 1.807) is 18.2 Å². The number of pyridine rings is 1. The molecule has 2 aromatic carbocycles. The van der Waals surface area contributed by atoms with Crippen molar-refractivity contribution in [1.82, 2.24) is 4.57 Å². The van der Waals surface area contributed by atoms with Gasteiger partial charge in [-0.3, -0.25) is 10.2 Å². The molecule has 0 atom stereocenters. The molecule has 0 saturated heterocycles. The fourth-order valence-electron chi connectivity index (χ4n) is 3.36. The van der Waals surface area contributed by atoms with E-state index >= 15 is 0 Å². The lowest BCUT2D eigenvalue weighted by atomic mass is 9.95. The number of aromatic nitrogens is 1. The Labute approximate surface area is 150 Å². The zero-order valence-corrected chi connectivity index (χ0v) is 13.7. The fourth-order valence-corrected chi connectivity index (χ4v) is 3.36. The van der Waals surface area contributed by atoms with E-state index in [4.69, 9.17) is 10.7 Å². The van der Waals surface area contributed by atoms with Crippen molar-refractivity contribution in [3.05, 3.63) is 70.0 Å². The van der Waals surface area contributed by atoms with Crippen molar-refractivity contribution in [1.29, 1.82) is 10.7 Å². The summed E-state index contributed by atoms with van der Waals surface area (Å²) in [7, 11) is 0. The highest BCUT2D eigenvalue weighted by atomic mass is 19.2. The van der Waals surface area contributed by atoms with Crippen molar-refractivity contribution in [3.63, 3.8) is 0 Å². The van der Waals surface area contributed by atoms with Crippen LogP contribution >= 0.6 is 0 Å². The van der Waals surface area contributed by atoms with Crippen LogP contribution in [0.1, 0.15) is 21.5 Å². The summed E-state index contributed by atoms with van der Waals surface area (Å²) < 4.78 is 45.2. The molecule has 4 rings (SSSR count). The third-order valence-electron chi connectivity index (χ3n) is 4.59. The second kappa shape index (κ2) is 5.99. The molecule has 0 aliphatic carbocycles. The van der Waals surface area contributed by atoms with Crippen LogP contribution < -0.4 is 10.8 Å². The molecule has 27 heavy (non-hydrogen) atoms. The van der Waals surface area contributed by atoms with E-state index in [9.17, 15) is 18.0 Å². The molecule has 0 radical (unpaired) electrons. The average molecular weight is 368 g/mol. The van der Waals surface area contributed by atoms with Crippen LogP contribution in [0.3, 0.4) is 0 Å². The second-order valence-electron chi connectivity index (χ2n) is 6.02. The highest BCUT2D eigenvalue weighted by molar-refractivity contribution is 6.19. The normalized spacial score (nSPS) is 12.5. The van der Waals surface area contributed by atoms with Crippen molar-refractivity contribution >= 4 is 22.4 Å². The minimum Gasteiger partial charge on any atom is -0.369 e. The number of halogens is 3. The molecule has 0 unspecified atom stereocenters. The number of nitrogens with one attached hydrogen (secondary N) is 2. The third kappa shape index (κ3) is 2.25. The monoisotopic (exact) mass is 368 g/mol. The Hall–Kier alpha value is -3.60. The Kier molecular flexibility index (Phi) is 3.73. The van der Waals surface area contributed by atoms with Gasteiger partial charge in [-0.25, -0.2) is 13.2 Å². The van der Waals surface area contributed by atoms with Gasteiger partial charge in [0, 0.05) is 24.0 Å². The van der Waals surface area contributed by atoms with Crippen LogP contribution in [0.25, 0.3) is 10.8 Å². The molecular formula is C19H11F3N4O. The Morgan fingerprint density at radius 1 is 1.11 bits per heavy atom. The standard InChI is InChI=1S/C19H11F3N4O/c20-14-10(8-23)15(21)16(22)11-12(14)18(24)26-7-6-25-19(26)13(11)17(27)9-4-2-1-3-5-9/h1-5,24-25H,6-7H2. The van der Waals surface area contributed by atoms with Gasteiger partial charge in [-0.15, -0.1) is 0 Å². The minimum absolute atomic E-state index is 0.128. The number of carbonyl (C=O) groups excluding carboxylic acids is 1. The van der Waals surface area contributed by atoms with Crippen molar-refractivity contribution in [2.45, 2.75) is 6.54 Å². The smallest absolute Gasteiger partial charge is 0.197 e. The van der Waals surface area contributed by atoms with Crippen LogP contribution in [0, 0.1) is 34.2 Å². The second-order valence-corrected chi connectivity index (χ2v) is 6.02. The first-order chi connectivity index (χ1) is 13.0. The maximum absolute atomic E-state index is 14.8. The van der Waals surface area contributed by atoms with Crippen LogP contribution in [-0.2, 0) is 6.54 Å². The van der Waals surface area contributed by atoms with Gasteiger partial charge in [0.25, 0.3) is 0 Å². The first kappa shape index (κ1) is 16.8.